The van der Waals surface area contributed by atoms with Gasteiger partial charge in [-0.25, -0.2) is 9.10 Å². The van der Waals surface area contributed by atoms with E-state index < -0.39 is 57.4 Å². The molecule has 15 heteroatoms. The van der Waals surface area contributed by atoms with E-state index in [1.807, 2.05) is 0 Å². The molecule has 3 rings (SSSR count). The lowest BCUT2D eigenvalue weighted by molar-refractivity contribution is -0.153. The zero-order valence-electron chi connectivity index (χ0n) is 18.3. The third-order valence-electron chi connectivity index (χ3n) is 5.49. The van der Waals surface area contributed by atoms with Crippen molar-refractivity contribution in [3.05, 3.63) is 35.9 Å². The lowest BCUT2D eigenvalue weighted by Gasteiger charge is -2.45. The molecule has 184 valence electrons. The molecule has 2 aliphatic rings. The second-order valence-electron chi connectivity index (χ2n) is 7.44. The standard InChI is InChI=1S/C19H23N5O8S2/c1-3-22-9-10-23(16(27)15(22)26)18(29)20-13(12-7-5-4-6-8-12)14(25)21-19(33-2)11-24(17(19)28)34(30,31)32/h4-8,13H,3,9-11H2,1-2H3,(H,20,29)(H,21,25)(H,30,31,32). The quantitative estimate of drug-likeness (QED) is 0.178. The summed E-state index contributed by atoms with van der Waals surface area (Å²) in [4.78, 5) is 63.3. The Morgan fingerprint density at radius 1 is 1.15 bits per heavy atom. The highest BCUT2D eigenvalue weighted by Gasteiger charge is 2.58. The third kappa shape index (κ3) is 4.71. The molecule has 6 amide bonds. The monoisotopic (exact) mass is 513 g/mol. The molecule has 2 saturated heterocycles. The molecule has 2 fully saturated rings. The van der Waals surface area contributed by atoms with Crippen LogP contribution in [-0.2, 0) is 29.5 Å². The first-order chi connectivity index (χ1) is 15.9. The van der Waals surface area contributed by atoms with E-state index in [-0.39, 0.29) is 17.4 Å². The smallest absolute Gasteiger partial charge is 0.333 e. The minimum absolute atomic E-state index is 0.0655. The van der Waals surface area contributed by atoms with Crippen LogP contribution in [0.15, 0.2) is 30.3 Å². The predicted octanol–water partition coefficient (Wildman–Crippen LogP) is -1.05. The second kappa shape index (κ2) is 9.60. The molecular formula is C19H23N5O8S2. The lowest BCUT2D eigenvalue weighted by Crippen LogP contribution is -2.74. The molecule has 1 aromatic carbocycles. The van der Waals surface area contributed by atoms with Gasteiger partial charge >= 0.3 is 28.1 Å². The number of amides is 6. The molecule has 0 spiro atoms. The fraction of sp³-hybridized carbons (Fsp3) is 0.421. The van der Waals surface area contributed by atoms with Crippen molar-refractivity contribution in [1.29, 1.82) is 0 Å². The molecule has 0 radical (unpaired) electrons. The van der Waals surface area contributed by atoms with E-state index in [1.165, 1.54) is 23.3 Å². The van der Waals surface area contributed by atoms with Crippen LogP contribution in [0.3, 0.4) is 0 Å². The summed E-state index contributed by atoms with van der Waals surface area (Å²) in [6.07, 6.45) is 1.47. The Morgan fingerprint density at radius 3 is 2.32 bits per heavy atom. The summed E-state index contributed by atoms with van der Waals surface area (Å²) in [5, 5.41) is 4.86. The zero-order chi connectivity index (χ0) is 25.3. The number of benzene rings is 1. The van der Waals surface area contributed by atoms with Gasteiger partial charge in [0.25, 0.3) is 5.91 Å². The Labute approximate surface area is 199 Å². The number of piperazine rings is 1. The van der Waals surface area contributed by atoms with Crippen LogP contribution in [0.5, 0.6) is 0 Å². The topological polar surface area (TPSA) is 173 Å². The van der Waals surface area contributed by atoms with Gasteiger partial charge < -0.3 is 15.5 Å². The van der Waals surface area contributed by atoms with E-state index in [0.29, 0.717) is 17.0 Å². The van der Waals surface area contributed by atoms with Gasteiger partial charge in [0.05, 0.1) is 6.54 Å². The molecule has 34 heavy (non-hydrogen) atoms. The van der Waals surface area contributed by atoms with Crippen molar-refractivity contribution in [1.82, 2.24) is 24.7 Å². The molecule has 2 aliphatic heterocycles. The summed E-state index contributed by atoms with van der Waals surface area (Å²) in [5.41, 5.74) is 0.314. The average molecular weight is 514 g/mol. The van der Waals surface area contributed by atoms with Gasteiger partial charge in [0.2, 0.25) is 5.91 Å². The Balaban J connectivity index is 1.81. The number of carbonyl (C=O) groups excluding carboxylic acids is 5. The minimum atomic E-state index is -4.79. The normalized spacial score (nSPS) is 21.7. The van der Waals surface area contributed by atoms with Gasteiger partial charge in [0, 0.05) is 19.6 Å². The van der Waals surface area contributed by atoms with Crippen molar-refractivity contribution in [2.24, 2.45) is 0 Å². The van der Waals surface area contributed by atoms with Crippen LogP contribution in [0.1, 0.15) is 18.5 Å². The molecule has 2 unspecified atom stereocenters. The van der Waals surface area contributed by atoms with E-state index in [1.54, 1.807) is 25.1 Å². The minimum Gasteiger partial charge on any atom is -0.333 e. The van der Waals surface area contributed by atoms with Crippen molar-refractivity contribution < 1.29 is 36.9 Å². The summed E-state index contributed by atoms with van der Waals surface area (Å²) < 4.78 is 31.9. The van der Waals surface area contributed by atoms with Gasteiger partial charge in [0.15, 0.2) is 4.87 Å². The summed E-state index contributed by atoms with van der Waals surface area (Å²) in [5.74, 6) is -3.78. The van der Waals surface area contributed by atoms with Crippen LogP contribution in [0.25, 0.3) is 0 Å². The van der Waals surface area contributed by atoms with Gasteiger partial charge in [0.1, 0.15) is 6.04 Å². The Morgan fingerprint density at radius 2 is 1.79 bits per heavy atom. The van der Waals surface area contributed by atoms with E-state index in [0.717, 1.165) is 11.8 Å². The van der Waals surface area contributed by atoms with Gasteiger partial charge in [-0.3, -0.25) is 28.6 Å². The first-order valence-corrected chi connectivity index (χ1v) is 12.7. The van der Waals surface area contributed by atoms with Gasteiger partial charge in [-0.2, -0.15) is 8.42 Å². The van der Waals surface area contributed by atoms with Crippen LogP contribution < -0.4 is 10.6 Å². The Kier molecular flexibility index (Phi) is 7.18. The first kappa shape index (κ1) is 25.5. The molecule has 13 nitrogen and oxygen atoms in total. The Hall–Kier alpha value is -3.17. The molecule has 0 bridgehead atoms. The van der Waals surface area contributed by atoms with Crippen LogP contribution in [-0.4, -0.2) is 94.0 Å². The van der Waals surface area contributed by atoms with Crippen LogP contribution in [0.2, 0.25) is 0 Å². The van der Waals surface area contributed by atoms with Gasteiger partial charge in [-0.15, -0.1) is 11.8 Å². The van der Waals surface area contributed by atoms with Crippen LogP contribution >= 0.6 is 11.8 Å². The second-order valence-corrected chi connectivity index (χ2v) is 9.89. The van der Waals surface area contributed by atoms with Crippen LogP contribution in [0, 0.1) is 0 Å². The van der Waals surface area contributed by atoms with E-state index in [9.17, 15) is 32.4 Å². The zero-order valence-corrected chi connectivity index (χ0v) is 19.9. The maximum Gasteiger partial charge on any atom is 0.362 e. The number of nitrogens with zero attached hydrogens (tertiary/aromatic N) is 3. The third-order valence-corrected chi connectivity index (χ3v) is 7.44. The molecule has 3 N–H and O–H groups in total. The number of imide groups is 1. The number of hydrogen-bond donors (Lipinski definition) is 3. The summed E-state index contributed by atoms with van der Waals surface area (Å²) in [6.45, 7) is 1.57. The largest absolute Gasteiger partial charge is 0.362 e. The van der Waals surface area contributed by atoms with E-state index in [2.05, 4.69) is 10.6 Å². The number of β-lactam (4-membered cyclic amide) rings is 1. The SMILES string of the molecule is CCN1CCN(C(=O)NC(C(=O)NC2(SC)CN(S(=O)(=O)O)C2=O)c2ccccc2)C(=O)C1=O. The molecule has 2 heterocycles. The van der Waals surface area contributed by atoms with Gasteiger partial charge in [-0.1, -0.05) is 30.3 Å². The average Bonchev–Trinajstić information content (AvgIpc) is 2.80. The number of nitrogens with one attached hydrogen (secondary N) is 2. The lowest BCUT2D eigenvalue weighted by atomic mass is 10.0. The van der Waals surface area contributed by atoms with E-state index in [4.69, 9.17) is 4.55 Å². The maximum absolute atomic E-state index is 13.2. The first-order valence-electron chi connectivity index (χ1n) is 10.1. The number of rotatable bonds is 7. The Bertz CT molecular complexity index is 1130. The maximum atomic E-state index is 13.2. The summed E-state index contributed by atoms with van der Waals surface area (Å²) in [6, 6.07) is 5.60. The molecule has 1 aromatic rings. The number of likely N-dealkylation sites (N-methyl/N-ethyl adjacent to an activating group) is 1. The highest BCUT2D eigenvalue weighted by Crippen LogP contribution is 2.35. The number of thioether (sulfide) groups is 1. The fourth-order valence-electron chi connectivity index (χ4n) is 3.52. The molecule has 0 aliphatic carbocycles. The molecule has 0 saturated carbocycles. The molecular weight excluding hydrogens is 490 g/mol. The van der Waals surface area contributed by atoms with E-state index >= 15 is 0 Å². The highest BCUT2D eigenvalue weighted by atomic mass is 32.2. The summed E-state index contributed by atoms with van der Waals surface area (Å²) >= 11 is 0.852. The highest BCUT2D eigenvalue weighted by molar-refractivity contribution is 8.01. The van der Waals surface area contributed by atoms with Gasteiger partial charge in [-0.05, 0) is 18.7 Å². The fourth-order valence-corrected chi connectivity index (χ4v) is 5.13. The molecule has 0 aromatic heterocycles. The number of hydrogen-bond acceptors (Lipinski definition) is 8. The van der Waals surface area contributed by atoms with Crippen molar-refractivity contribution in [3.63, 3.8) is 0 Å². The number of urea groups is 1. The molecule has 2 atom stereocenters. The van der Waals surface area contributed by atoms with Crippen molar-refractivity contribution >= 4 is 51.7 Å². The van der Waals surface area contributed by atoms with Crippen molar-refractivity contribution in [2.45, 2.75) is 17.8 Å². The summed E-state index contributed by atoms with van der Waals surface area (Å²) in [7, 11) is -4.79. The predicted molar refractivity (Wildman–Crippen MR) is 119 cm³/mol. The van der Waals surface area contributed by atoms with Crippen LogP contribution in [0.4, 0.5) is 4.79 Å². The van der Waals surface area contributed by atoms with Crippen molar-refractivity contribution in [3.8, 4) is 0 Å². The van der Waals surface area contributed by atoms with Crippen molar-refractivity contribution in [2.75, 3.05) is 32.4 Å². The number of carbonyl (C=O) groups is 5.